The smallest absolute Gasteiger partial charge is 0.344 e. The lowest BCUT2D eigenvalue weighted by Crippen LogP contribution is -2.49. The number of sulfonamides is 1. The van der Waals surface area contributed by atoms with Gasteiger partial charge in [-0.05, 0) is 36.2 Å². The summed E-state index contributed by atoms with van der Waals surface area (Å²) in [6.45, 7) is 3.23. The van der Waals surface area contributed by atoms with Gasteiger partial charge in [-0.15, -0.1) is 0 Å². The van der Waals surface area contributed by atoms with E-state index in [1.807, 2.05) is 0 Å². The molecule has 0 fully saturated rings. The molecule has 5 nitrogen and oxygen atoms in total. The summed E-state index contributed by atoms with van der Waals surface area (Å²) >= 11 is 0. The number of hydrogen-bond donors (Lipinski definition) is 2. The van der Waals surface area contributed by atoms with Crippen molar-refractivity contribution in [3.8, 4) is 11.8 Å². The molecule has 0 saturated heterocycles. The molecule has 2 rings (SSSR count). The van der Waals surface area contributed by atoms with Crippen LogP contribution in [0.1, 0.15) is 25.0 Å². The molecule has 160 valence electrons. The second kappa shape index (κ2) is 9.78. The predicted octanol–water partition coefficient (Wildman–Crippen LogP) is 3.18. The van der Waals surface area contributed by atoms with Gasteiger partial charge in [0.2, 0.25) is 15.9 Å². The van der Waals surface area contributed by atoms with E-state index in [-0.39, 0.29) is 22.9 Å². The molecule has 0 aliphatic rings. The Morgan fingerprint density at radius 3 is 2.33 bits per heavy atom. The van der Waals surface area contributed by atoms with Crippen molar-refractivity contribution in [2.75, 3.05) is 6.54 Å². The number of hydrogen-bond acceptors (Lipinski definition) is 3. The minimum absolute atomic E-state index is 0.0350. The van der Waals surface area contributed by atoms with E-state index >= 15 is 0 Å². The van der Waals surface area contributed by atoms with Crippen molar-refractivity contribution in [1.29, 1.82) is 0 Å². The fourth-order valence-electron chi connectivity index (χ4n) is 2.49. The molecule has 30 heavy (non-hydrogen) atoms. The number of carbonyl (C=O) groups is 1. The van der Waals surface area contributed by atoms with Crippen LogP contribution in [-0.4, -0.2) is 26.9 Å². The van der Waals surface area contributed by atoms with Gasteiger partial charge in [0, 0.05) is 5.56 Å². The van der Waals surface area contributed by atoms with Gasteiger partial charge in [0.25, 0.3) is 0 Å². The molecule has 0 heterocycles. The van der Waals surface area contributed by atoms with Gasteiger partial charge in [-0.2, -0.15) is 17.9 Å². The molecular weight excluding hydrogens is 417 g/mol. The van der Waals surface area contributed by atoms with E-state index in [0.29, 0.717) is 0 Å². The quantitative estimate of drug-likeness (QED) is 0.681. The van der Waals surface area contributed by atoms with Crippen molar-refractivity contribution in [1.82, 2.24) is 10.0 Å². The van der Waals surface area contributed by atoms with Crippen LogP contribution >= 0.6 is 0 Å². The Kier molecular flexibility index (Phi) is 7.65. The van der Waals surface area contributed by atoms with Crippen LogP contribution in [-0.2, 0) is 21.0 Å². The highest BCUT2D eigenvalue weighted by Crippen LogP contribution is 2.29. The number of carbonyl (C=O) groups excluding carboxylic acids is 1. The van der Waals surface area contributed by atoms with Gasteiger partial charge >= 0.3 is 6.18 Å². The highest BCUT2D eigenvalue weighted by atomic mass is 32.2. The first-order valence-corrected chi connectivity index (χ1v) is 10.5. The minimum atomic E-state index is -4.47. The van der Waals surface area contributed by atoms with E-state index in [9.17, 15) is 26.4 Å². The van der Waals surface area contributed by atoms with Gasteiger partial charge in [-0.1, -0.05) is 50.0 Å². The highest BCUT2D eigenvalue weighted by Gasteiger charge is 2.30. The Hall–Kier alpha value is -2.83. The lowest BCUT2D eigenvalue weighted by Gasteiger charge is -2.21. The molecule has 1 atom stereocenters. The van der Waals surface area contributed by atoms with Crippen molar-refractivity contribution in [3.05, 3.63) is 65.7 Å². The van der Waals surface area contributed by atoms with Crippen LogP contribution in [0.25, 0.3) is 0 Å². The molecular formula is C21H21F3N2O3S. The number of benzene rings is 2. The molecule has 0 bridgehead atoms. The first-order valence-electron chi connectivity index (χ1n) is 9.02. The maximum atomic E-state index is 12.7. The topological polar surface area (TPSA) is 75.3 Å². The first kappa shape index (κ1) is 23.4. The summed E-state index contributed by atoms with van der Waals surface area (Å²) in [5.41, 5.74) is -0.655. The second-order valence-corrected chi connectivity index (χ2v) is 8.47. The molecule has 2 aromatic carbocycles. The maximum absolute atomic E-state index is 12.7. The van der Waals surface area contributed by atoms with E-state index in [4.69, 9.17) is 0 Å². The molecule has 2 N–H and O–H groups in total. The van der Waals surface area contributed by atoms with Crippen LogP contribution in [0.4, 0.5) is 13.2 Å². The standard InChI is InChI=1S/C21H21F3N2O3S/c1-15(2)19(26-30(28,29)18-11-4-3-5-12-18)20(27)25-13-7-9-16-8-6-10-17(14-16)21(22,23)24/h3-6,8,10-12,14-15,19,26H,13H2,1-2H3,(H,25,27)/t19-/m0/s1. The molecule has 9 heteroatoms. The van der Waals surface area contributed by atoms with Crippen LogP contribution in [0.3, 0.4) is 0 Å². The lowest BCUT2D eigenvalue weighted by molar-refractivity contribution is -0.137. The number of amides is 1. The van der Waals surface area contributed by atoms with Gasteiger partial charge < -0.3 is 5.32 Å². The van der Waals surface area contributed by atoms with Gasteiger partial charge in [0.15, 0.2) is 0 Å². The summed E-state index contributed by atoms with van der Waals surface area (Å²) in [7, 11) is -3.90. The van der Waals surface area contributed by atoms with Crippen molar-refractivity contribution >= 4 is 15.9 Å². The van der Waals surface area contributed by atoms with E-state index in [1.54, 1.807) is 32.0 Å². The van der Waals surface area contributed by atoms with Crippen LogP contribution < -0.4 is 10.0 Å². The Morgan fingerprint density at radius 1 is 1.07 bits per heavy atom. The third-order valence-corrected chi connectivity index (χ3v) is 5.52. The Labute approximate surface area is 173 Å². The van der Waals surface area contributed by atoms with Gasteiger partial charge in [0.1, 0.15) is 6.04 Å². The lowest BCUT2D eigenvalue weighted by atomic mass is 10.1. The fraction of sp³-hybridized carbons (Fsp3) is 0.286. The average molecular weight is 438 g/mol. The molecule has 0 aromatic heterocycles. The number of rotatable bonds is 6. The molecule has 0 spiro atoms. The van der Waals surface area contributed by atoms with E-state index < -0.39 is 33.7 Å². The zero-order valence-electron chi connectivity index (χ0n) is 16.3. The predicted molar refractivity (Wildman–Crippen MR) is 107 cm³/mol. The first-order chi connectivity index (χ1) is 14.0. The van der Waals surface area contributed by atoms with Crippen LogP contribution in [0.2, 0.25) is 0 Å². The SMILES string of the molecule is CC(C)[C@H](NS(=O)(=O)c1ccccc1)C(=O)NCC#Cc1cccc(C(F)(F)F)c1. The molecule has 1 amide bonds. The Morgan fingerprint density at radius 2 is 1.73 bits per heavy atom. The summed E-state index contributed by atoms with van der Waals surface area (Å²) in [6.07, 6.45) is -4.47. The van der Waals surface area contributed by atoms with Crippen molar-refractivity contribution in [3.63, 3.8) is 0 Å². The monoisotopic (exact) mass is 438 g/mol. The summed E-state index contributed by atoms with van der Waals surface area (Å²) < 4.78 is 65.5. The van der Waals surface area contributed by atoms with Crippen LogP contribution in [0.5, 0.6) is 0 Å². The summed E-state index contributed by atoms with van der Waals surface area (Å²) in [6, 6.07) is 11.1. The van der Waals surface area contributed by atoms with Gasteiger partial charge in [-0.25, -0.2) is 8.42 Å². The second-order valence-electron chi connectivity index (χ2n) is 6.75. The number of alkyl halides is 3. The Bertz CT molecular complexity index is 1040. The zero-order chi connectivity index (χ0) is 22.4. The van der Waals surface area contributed by atoms with E-state index in [2.05, 4.69) is 21.9 Å². The van der Waals surface area contributed by atoms with Crippen LogP contribution in [0.15, 0.2) is 59.5 Å². The summed E-state index contributed by atoms with van der Waals surface area (Å²) in [4.78, 5) is 12.5. The average Bonchev–Trinajstić information content (AvgIpc) is 2.69. The number of nitrogens with one attached hydrogen (secondary N) is 2. The summed E-state index contributed by atoms with van der Waals surface area (Å²) in [5.74, 6) is 4.20. The van der Waals surface area contributed by atoms with Gasteiger partial charge in [0.05, 0.1) is 17.0 Å². The number of halogens is 3. The van der Waals surface area contributed by atoms with Crippen LogP contribution in [0, 0.1) is 17.8 Å². The van der Waals surface area contributed by atoms with Crippen molar-refractivity contribution < 1.29 is 26.4 Å². The highest BCUT2D eigenvalue weighted by molar-refractivity contribution is 7.89. The maximum Gasteiger partial charge on any atom is 0.416 e. The largest absolute Gasteiger partial charge is 0.416 e. The molecule has 0 aliphatic carbocycles. The zero-order valence-corrected chi connectivity index (χ0v) is 17.1. The minimum Gasteiger partial charge on any atom is -0.344 e. The summed E-state index contributed by atoms with van der Waals surface area (Å²) in [5, 5.41) is 2.49. The van der Waals surface area contributed by atoms with Crippen molar-refractivity contribution in [2.45, 2.75) is 31.0 Å². The Balaban J connectivity index is 2.03. The molecule has 0 unspecified atom stereocenters. The third-order valence-electron chi connectivity index (χ3n) is 4.06. The van der Waals surface area contributed by atoms with E-state index in [0.717, 1.165) is 12.1 Å². The molecule has 0 radical (unpaired) electrons. The van der Waals surface area contributed by atoms with Gasteiger partial charge in [-0.3, -0.25) is 4.79 Å². The third kappa shape index (κ3) is 6.61. The molecule has 2 aromatic rings. The fourth-order valence-corrected chi connectivity index (χ4v) is 3.85. The molecule has 0 saturated carbocycles. The normalized spacial score (nSPS) is 12.7. The van der Waals surface area contributed by atoms with E-state index in [1.165, 1.54) is 24.3 Å². The molecule has 0 aliphatic heterocycles. The van der Waals surface area contributed by atoms with Crippen molar-refractivity contribution in [2.24, 2.45) is 5.92 Å².